The first-order valence-corrected chi connectivity index (χ1v) is 7.07. The molecule has 2 rings (SSSR count). The number of aliphatic hydroxyl groups is 1. The molecular formula is C15H22N2O3. The molecule has 1 saturated heterocycles. The normalized spacial score (nSPS) is 22.6. The van der Waals surface area contributed by atoms with Crippen molar-refractivity contribution in [1.82, 2.24) is 10.2 Å². The van der Waals surface area contributed by atoms with Crippen molar-refractivity contribution in [2.75, 3.05) is 19.7 Å². The quantitative estimate of drug-likeness (QED) is 0.873. The summed E-state index contributed by atoms with van der Waals surface area (Å²) in [6.45, 7) is 3.80. The molecule has 0 radical (unpaired) electrons. The van der Waals surface area contributed by atoms with E-state index in [1.54, 1.807) is 11.8 Å². The highest BCUT2D eigenvalue weighted by atomic mass is 16.6. The van der Waals surface area contributed by atoms with Gasteiger partial charge in [-0.3, -0.25) is 0 Å². The van der Waals surface area contributed by atoms with E-state index in [0.29, 0.717) is 19.7 Å². The Kier molecular flexibility index (Phi) is 5.38. The van der Waals surface area contributed by atoms with Crippen molar-refractivity contribution >= 4 is 6.09 Å². The highest BCUT2D eigenvalue weighted by Crippen LogP contribution is 2.13. The van der Waals surface area contributed by atoms with E-state index in [-0.39, 0.29) is 12.1 Å². The van der Waals surface area contributed by atoms with Crippen molar-refractivity contribution in [2.24, 2.45) is 0 Å². The van der Waals surface area contributed by atoms with Crippen LogP contribution in [0.15, 0.2) is 30.3 Å². The first-order chi connectivity index (χ1) is 9.70. The van der Waals surface area contributed by atoms with Gasteiger partial charge in [0.25, 0.3) is 0 Å². The second-order valence-electron chi connectivity index (χ2n) is 4.97. The van der Waals surface area contributed by atoms with E-state index < -0.39 is 6.10 Å². The number of piperidine rings is 1. The number of amides is 1. The largest absolute Gasteiger partial charge is 0.450 e. The van der Waals surface area contributed by atoms with Crippen LogP contribution < -0.4 is 5.32 Å². The maximum Gasteiger partial charge on any atom is 0.409 e. The zero-order valence-corrected chi connectivity index (χ0v) is 11.8. The summed E-state index contributed by atoms with van der Waals surface area (Å²) in [5, 5.41) is 13.5. The lowest BCUT2D eigenvalue weighted by Crippen LogP contribution is -2.54. The van der Waals surface area contributed by atoms with E-state index in [0.717, 1.165) is 13.0 Å². The number of carbonyl (C=O) groups is 1. The van der Waals surface area contributed by atoms with Crippen LogP contribution in [0.2, 0.25) is 0 Å². The van der Waals surface area contributed by atoms with Gasteiger partial charge in [-0.05, 0) is 18.9 Å². The molecule has 5 nitrogen and oxygen atoms in total. The Morgan fingerprint density at radius 2 is 2.20 bits per heavy atom. The van der Waals surface area contributed by atoms with Gasteiger partial charge in [0.2, 0.25) is 0 Å². The molecule has 20 heavy (non-hydrogen) atoms. The Bertz CT molecular complexity index is 424. The van der Waals surface area contributed by atoms with E-state index in [1.807, 2.05) is 30.3 Å². The first kappa shape index (κ1) is 14.8. The summed E-state index contributed by atoms with van der Waals surface area (Å²) in [4.78, 5) is 13.2. The van der Waals surface area contributed by atoms with Crippen molar-refractivity contribution < 1.29 is 14.6 Å². The number of nitrogens with one attached hydrogen (secondary N) is 1. The fourth-order valence-corrected chi connectivity index (χ4v) is 2.40. The summed E-state index contributed by atoms with van der Waals surface area (Å²) in [7, 11) is 0. The average molecular weight is 278 g/mol. The minimum atomic E-state index is -0.558. The fraction of sp³-hybridized carbons (Fsp3) is 0.533. The summed E-state index contributed by atoms with van der Waals surface area (Å²) in [6.07, 6.45) is -0.169. The monoisotopic (exact) mass is 278 g/mol. The number of benzene rings is 1. The molecule has 1 aliphatic rings. The summed E-state index contributed by atoms with van der Waals surface area (Å²) in [5.41, 5.74) is 1.19. The molecule has 1 aliphatic heterocycles. The summed E-state index contributed by atoms with van der Waals surface area (Å²) < 4.78 is 4.95. The maximum atomic E-state index is 11.6. The maximum absolute atomic E-state index is 11.6. The zero-order valence-electron chi connectivity index (χ0n) is 11.8. The fourth-order valence-electron chi connectivity index (χ4n) is 2.40. The minimum Gasteiger partial charge on any atom is -0.450 e. The van der Waals surface area contributed by atoms with Gasteiger partial charge in [0, 0.05) is 19.1 Å². The predicted octanol–water partition coefficient (Wildman–Crippen LogP) is 1.37. The van der Waals surface area contributed by atoms with E-state index in [2.05, 4.69) is 5.32 Å². The van der Waals surface area contributed by atoms with Crippen LogP contribution in [0.4, 0.5) is 4.79 Å². The minimum absolute atomic E-state index is 0.0147. The molecule has 1 aromatic carbocycles. The third-order valence-electron chi connectivity index (χ3n) is 3.52. The molecule has 110 valence electrons. The summed E-state index contributed by atoms with van der Waals surface area (Å²) in [6, 6.07) is 10.1. The van der Waals surface area contributed by atoms with Crippen LogP contribution in [0.5, 0.6) is 0 Å². The number of rotatable bonds is 4. The van der Waals surface area contributed by atoms with E-state index in [1.165, 1.54) is 5.56 Å². The third-order valence-corrected chi connectivity index (χ3v) is 3.52. The number of hydrogen-bond acceptors (Lipinski definition) is 4. The van der Waals surface area contributed by atoms with Crippen molar-refractivity contribution in [1.29, 1.82) is 0 Å². The van der Waals surface area contributed by atoms with Gasteiger partial charge < -0.3 is 20.1 Å². The summed E-state index contributed by atoms with van der Waals surface area (Å²) >= 11 is 0. The smallest absolute Gasteiger partial charge is 0.409 e. The van der Waals surface area contributed by atoms with Gasteiger partial charge in [-0.2, -0.15) is 0 Å². The predicted molar refractivity (Wildman–Crippen MR) is 76.3 cm³/mol. The first-order valence-electron chi connectivity index (χ1n) is 7.07. The molecule has 0 unspecified atom stereocenters. The van der Waals surface area contributed by atoms with Gasteiger partial charge in [-0.25, -0.2) is 4.79 Å². The number of likely N-dealkylation sites (tertiary alicyclic amines) is 1. The van der Waals surface area contributed by atoms with E-state index >= 15 is 0 Å². The molecule has 1 aromatic rings. The van der Waals surface area contributed by atoms with Crippen molar-refractivity contribution in [2.45, 2.75) is 32.0 Å². The highest BCUT2D eigenvalue weighted by molar-refractivity contribution is 5.67. The van der Waals surface area contributed by atoms with Crippen LogP contribution in [0, 0.1) is 0 Å². The standard InChI is InChI=1S/C15H22N2O3/c1-2-20-15(19)17-9-8-13(14(18)11-17)16-10-12-6-4-3-5-7-12/h3-7,13-14,16,18H,2,8-11H2,1H3/t13-,14-/m0/s1. The van der Waals surface area contributed by atoms with Crippen LogP contribution in [-0.4, -0.2) is 47.9 Å². The van der Waals surface area contributed by atoms with Gasteiger partial charge >= 0.3 is 6.09 Å². The van der Waals surface area contributed by atoms with Gasteiger partial charge in [-0.15, -0.1) is 0 Å². The number of hydrogen-bond donors (Lipinski definition) is 2. The lowest BCUT2D eigenvalue weighted by atomic mass is 10.0. The Hall–Kier alpha value is -1.59. The van der Waals surface area contributed by atoms with Crippen LogP contribution in [0.1, 0.15) is 18.9 Å². The molecule has 1 amide bonds. The van der Waals surface area contributed by atoms with Crippen LogP contribution in [-0.2, 0) is 11.3 Å². The van der Waals surface area contributed by atoms with E-state index in [4.69, 9.17) is 4.74 Å². The third kappa shape index (κ3) is 3.95. The second kappa shape index (κ2) is 7.26. The lowest BCUT2D eigenvalue weighted by molar-refractivity contribution is 0.0306. The van der Waals surface area contributed by atoms with Crippen LogP contribution in [0.3, 0.4) is 0 Å². The van der Waals surface area contributed by atoms with Crippen molar-refractivity contribution in [3.8, 4) is 0 Å². The van der Waals surface area contributed by atoms with Crippen LogP contribution in [0.25, 0.3) is 0 Å². The van der Waals surface area contributed by atoms with Gasteiger partial charge in [0.15, 0.2) is 0 Å². The zero-order chi connectivity index (χ0) is 14.4. The van der Waals surface area contributed by atoms with Crippen molar-refractivity contribution in [3.05, 3.63) is 35.9 Å². The van der Waals surface area contributed by atoms with Gasteiger partial charge in [-0.1, -0.05) is 30.3 Å². The Morgan fingerprint density at radius 1 is 1.45 bits per heavy atom. The molecule has 5 heteroatoms. The van der Waals surface area contributed by atoms with E-state index in [9.17, 15) is 9.90 Å². The average Bonchev–Trinajstić information content (AvgIpc) is 2.47. The second-order valence-corrected chi connectivity index (χ2v) is 4.97. The Balaban J connectivity index is 1.80. The number of β-amino-alcohol motifs (C(OH)–C–C–N with tert-alkyl or cyclic N) is 1. The molecule has 1 heterocycles. The Labute approximate surface area is 119 Å². The number of aliphatic hydroxyl groups excluding tert-OH is 1. The molecule has 0 saturated carbocycles. The van der Waals surface area contributed by atoms with Gasteiger partial charge in [0.05, 0.1) is 19.3 Å². The Morgan fingerprint density at radius 3 is 2.85 bits per heavy atom. The SMILES string of the molecule is CCOC(=O)N1CC[C@H](NCc2ccccc2)[C@@H](O)C1. The number of carbonyl (C=O) groups excluding carboxylic acids is 1. The lowest BCUT2D eigenvalue weighted by Gasteiger charge is -2.35. The van der Waals surface area contributed by atoms with Crippen molar-refractivity contribution in [3.63, 3.8) is 0 Å². The molecule has 0 spiro atoms. The molecule has 2 N–H and O–H groups in total. The highest BCUT2D eigenvalue weighted by Gasteiger charge is 2.30. The molecule has 0 aromatic heterocycles. The molecule has 0 bridgehead atoms. The molecule has 1 fully saturated rings. The number of ether oxygens (including phenoxy) is 1. The molecule has 0 aliphatic carbocycles. The summed E-state index contributed by atoms with van der Waals surface area (Å²) in [5.74, 6) is 0. The number of nitrogens with zero attached hydrogens (tertiary/aromatic N) is 1. The van der Waals surface area contributed by atoms with Crippen LogP contribution >= 0.6 is 0 Å². The topological polar surface area (TPSA) is 61.8 Å². The molecular weight excluding hydrogens is 256 g/mol. The molecule has 2 atom stereocenters. The van der Waals surface area contributed by atoms with Gasteiger partial charge in [0.1, 0.15) is 0 Å².